The average Bonchev–Trinajstić information content (AvgIpc) is 2.81. The number of carbonyl (C=O) groups is 1. The highest BCUT2D eigenvalue weighted by atomic mass is 35.5. The molecule has 0 atom stereocenters. The monoisotopic (exact) mass is 436 g/mol. The van der Waals surface area contributed by atoms with E-state index in [2.05, 4.69) is 36.3 Å². The molecule has 0 N–H and O–H groups in total. The predicted octanol–water partition coefficient (Wildman–Crippen LogP) is 3.48. The van der Waals surface area contributed by atoms with Gasteiger partial charge < -0.3 is 9.80 Å². The molecule has 0 aliphatic carbocycles. The van der Waals surface area contributed by atoms with Crippen molar-refractivity contribution >= 4 is 23.2 Å². The van der Waals surface area contributed by atoms with Gasteiger partial charge in [0.2, 0.25) is 5.91 Å². The van der Waals surface area contributed by atoms with Gasteiger partial charge in [-0.15, -0.1) is 0 Å². The number of carbonyl (C=O) groups excluding carboxylic acids is 1. The molecule has 3 aromatic rings. The van der Waals surface area contributed by atoms with Crippen LogP contribution in [0.2, 0.25) is 5.02 Å². The fraction of sp³-hybridized carbons (Fsp3) is 0.292. The molecule has 2 heterocycles. The van der Waals surface area contributed by atoms with Crippen molar-refractivity contribution < 1.29 is 4.79 Å². The molecule has 1 amide bonds. The molecular formula is C24H25ClN4O2. The van der Waals surface area contributed by atoms with E-state index in [4.69, 9.17) is 11.6 Å². The van der Waals surface area contributed by atoms with Crippen LogP contribution < -0.4 is 10.5 Å². The van der Waals surface area contributed by atoms with Crippen LogP contribution in [0, 0.1) is 6.92 Å². The number of piperazine rings is 1. The lowest BCUT2D eigenvalue weighted by Gasteiger charge is -2.36. The third-order valence-electron chi connectivity index (χ3n) is 5.62. The van der Waals surface area contributed by atoms with Gasteiger partial charge in [0.1, 0.15) is 5.02 Å². The largest absolute Gasteiger partial charge is 0.365 e. The Kier molecular flexibility index (Phi) is 6.37. The van der Waals surface area contributed by atoms with Gasteiger partial charge in [0.15, 0.2) is 0 Å². The van der Waals surface area contributed by atoms with Gasteiger partial charge in [0.25, 0.3) is 5.56 Å². The van der Waals surface area contributed by atoms with Gasteiger partial charge in [0, 0.05) is 32.6 Å². The summed E-state index contributed by atoms with van der Waals surface area (Å²) in [6, 6.07) is 17.5. The molecule has 0 bridgehead atoms. The highest BCUT2D eigenvalue weighted by Gasteiger charge is 2.24. The highest BCUT2D eigenvalue weighted by molar-refractivity contribution is 6.33. The summed E-state index contributed by atoms with van der Waals surface area (Å²) < 4.78 is 1.30. The van der Waals surface area contributed by atoms with E-state index in [-0.39, 0.29) is 16.5 Å². The van der Waals surface area contributed by atoms with Crippen LogP contribution in [0.25, 0.3) is 5.69 Å². The first-order valence-electron chi connectivity index (χ1n) is 10.4. The third kappa shape index (κ3) is 4.80. The van der Waals surface area contributed by atoms with E-state index in [0.717, 1.165) is 6.42 Å². The number of aromatic nitrogens is 2. The Morgan fingerprint density at radius 2 is 1.68 bits per heavy atom. The number of rotatable bonds is 5. The van der Waals surface area contributed by atoms with Gasteiger partial charge in [-0.25, -0.2) is 0 Å². The molecule has 0 spiro atoms. The normalized spacial score (nSPS) is 14.0. The van der Waals surface area contributed by atoms with Crippen molar-refractivity contribution in [3.8, 4) is 5.69 Å². The molecule has 1 saturated heterocycles. The minimum absolute atomic E-state index is 0.151. The molecule has 160 valence electrons. The van der Waals surface area contributed by atoms with Gasteiger partial charge in [-0.05, 0) is 31.0 Å². The summed E-state index contributed by atoms with van der Waals surface area (Å²) in [5, 5.41) is 4.46. The molecule has 31 heavy (non-hydrogen) atoms. The summed E-state index contributed by atoms with van der Waals surface area (Å²) in [5.74, 6) is 0.156. The molecule has 1 fully saturated rings. The fourth-order valence-electron chi connectivity index (χ4n) is 3.76. The maximum Gasteiger partial charge on any atom is 0.292 e. The lowest BCUT2D eigenvalue weighted by atomic mass is 10.1. The Balaban J connectivity index is 1.37. The number of aryl methyl sites for hydroxylation is 2. The van der Waals surface area contributed by atoms with Crippen LogP contribution in [0.15, 0.2) is 65.6 Å². The number of amides is 1. The molecule has 1 aliphatic heterocycles. The van der Waals surface area contributed by atoms with E-state index in [9.17, 15) is 9.59 Å². The molecule has 1 aromatic heterocycles. The van der Waals surface area contributed by atoms with Crippen molar-refractivity contribution in [1.29, 1.82) is 0 Å². The molecule has 6 nitrogen and oxygen atoms in total. The summed E-state index contributed by atoms with van der Waals surface area (Å²) in [4.78, 5) is 29.3. The van der Waals surface area contributed by atoms with Gasteiger partial charge in [-0.1, -0.05) is 59.6 Å². The molecule has 0 saturated carbocycles. The van der Waals surface area contributed by atoms with Crippen molar-refractivity contribution in [2.45, 2.75) is 19.8 Å². The lowest BCUT2D eigenvalue weighted by Crippen LogP contribution is -2.49. The maximum absolute atomic E-state index is 12.7. The Hall–Kier alpha value is -3.12. The second-order valence-corrected chi connectivity index (χ2v) is 8.13. The molecule has 0 radical (unpaired) electrons. The highest BCUT2D eigenvalue weighted by Crippen LogP contribution is 2.23. The van der Waals surface area contributed by atoms with Gasteiger partial charge in [-0.2, -0.15) is 9.78 Å². The van der Waals surface area contributed by atoms with Crippen molar-refractivity contribution in [2.24, 2.45) is 0 Å². The van der Waals surface area contributed by atoms with Crippen molar-refractivity contribution in [2.75, 3.05) is 31.1 Å². The van der Waals surface area contributed by atoms with Crippen molar-refractivity contribution in [3.63, 3.8) is 0 Å². The van der Waals surface area contributed by atoms with Gasteiger partial charge in [-0.3, -0.25) is 9.59 Å². The Bertz CT molecular complexity index is 1100. The first-order valence-corrected chi connectivity index (χ1v) is 10.8. The zero-order valence-electron chi connectivity index (χ0n) is 17.5. The van der Waals surface area contributed by atoms with E-state index < -0.39 is 0 Å². The zero-order chi connectivity index (χ0) is 21.8. The first kappa shape index (κ1) is 21.1. The van der Waals surface area contributed by atoms with Crippen LogP contribution in [-0.4, -0.2) is 46.8 Å². The number of hydrogen-bond acceptors (Lipinski definition) is 4. The second-order valence-electron chi connectivity index (χ2n) is 7.75. The van der Waals surface area contributed by atoms with Crippen LogP contribution in [0.4, 0.5) is 5.69 Å². The number of halogens is 1. The third-order valence-corrected chi connectivity index (χ3v) is 5.98. The van der Waals surface area contributed by atoms with Crippen LogP contribution in [-0.2, 0) is 11.2 Å². The number of benzene rings is 2. The van der Waals surface area contributed by atoms with Crippen LogP contribution >= 0.6 is 11.6 Å². The first-order chi connectivity index (χ1) is 15.0. The van der Waals surface area contributed by atoms with E-state index >= 15 is 0 Å². The quantitative estimate of drug-likeness (QED) is 0.614. The van der Waals surface area contributed by atoms with E-state index in [1.807, 2.05) is 40.1 Å². The summed E-state index contributed by atoms with van der Waals surface area (Å²) in [7, 11) is 0. The fourth-order valence-corrected chi connectivity index (χ4v) is 4.01. The summed E-state index contributed by atoms with van der Waals surface area (Å²) in [5.41, 5.74) is 3.34. The van der Waals surface area contributed by atoms with Crippen molar-refractivity contribution in [1.82, 2.24) is 14.7 Å². The zero-order valence-corrected chi connectivity index (χ0v) is 18.3. The number of para-hydroxylation sites is 1. The Morgan fingerprint density at radius 1 is 1.00 bits per heavy atom. The number of hydrogen-bond donors (Lipinski definition) is 0. The topological polar surface area (TPSA) is 58.4 Å². The van der Waals surface area contributed by atoms with Crippen molar-refractivity contribution in [3.05, 3.63) is 87.3 Å². The number of anilines is 1. The molecule has 7 heteroatoms. The lowest BCUT2D eigenvalue weighted by molar-refractivity contribution is -0.131. The predicted molar refractivity (Wildman–Crippen MR) is 123 cm³/mol. The minimum Gasteiger partial charge on any atom is -0.365 e. The minimum atomic E-state index is -0.345. The molecule has 0 unspecified atom stereocenters. The Labute approximate surface area is 186 Å². The average molecular weight is 437 g/mol. The number of nitrogens with zero attached hydrogens (tertiary/aromatic N) is 4. The van der Waals surface area contributed by atoms with Gasteiger partial charge in [0.05, 0.1) is 17.6 Å². The molecule has 1 aliphatic rings. The molecule has 2 aromatic carbocycles. The van der Waals surface area contributed by atoms with E-state index in [0.29, 0.717) is 44.0 Å². The van der Waals surface area contributed by atoms with E-state index in [1.165, 1.54) is 15.8 Å². The summed E-state index contributed by atoms with van der Waals surface area (Å²) in [6.45, 7) is 4.49. The SMILES string of the molecule is Cc1ccc(CCC(=O)N2CCN(c3cnn(-c4ccccc4)c(=O)c3Cl)CC2)cc1. The maximum atomic E-state index is 12.7. The van der Waals surface area contributed by atoms with Crippen LogP contribution in [0.1, 0.15) is 17.5 Å². The molecule has 4 rings (SSSR count). The van der Waals surface area contributed by atoms with Crippen LogP contribution in [0.5, 0.6) is 0 Å². The second kappa shape index (κ2) is 9.35. The van der Waals surface area contributed by atoms with E-state index in [1.54, 1.807) is 6.20 Å². The smallest absolute Gasteiger partial charge is 0.292 e. The standard InChI is InChI=1S/C24H25ClN4O2/c1-18-7-9-19(10-8-18)11-12-22(30)28-15-13-27(14-16-28)21-17-26-29(24(31)23(21)25)20-5-3-2-4-6-20/h2-10,17H,11-16H2,1H3. The van der Waals surface area contributed by atoms with Gasteiger partial charge >= 0.3 is 0 Å². The van der Waals surface area contributed by atoms with Crippen LogP contribution in [0.3, 0.4) is 0 Å². The Morgan fingerprint density at radius 3 is 2.35 bits per heavy atom. The molecular weight excluding hydrogens is 412 g/mol. The summed E-state index contributed by atoms with van der Waals surface area (Å²) in [6.07, 6.45) is 2.87. The summed E-state index contributed by atoms with van der Waals surface area (Å²) >= 11 is 6.41.